The van der Waals surface area contributed by atoms with Crippen LogP contribution in [0, 0.1) is 0 Å². The highest BCUT2D eigenvalue weighted by atomic mass is 32.2. The Bertz CT molecular complexity index is 263. The maximum atomic E-state index is 4.08. The third-order valence-electron chi connectivity index (χ3n) is 2.23. The van der Waals surface area contributed by atoms with Gasteiger partial charge in [0.25, 0.3) is 0 Å². The van der Waals surface area contributed by atoms with Crippen molar-refractivity contribution in [3.05, 3.63) is 35.3 Å². The summed E-state index contributed by atoms with van der Waals surface area (Å²) < 4.78 is 0. The molecule has 0 radical (unpaired) electrons. The van der Waals surface area contributed by atoms with Crippen molar-refractivity contribution in [3.8, 4) is 0 Å². The van der Waals surface area contributed by atoms with Crippen molar-refractivity contribution in [2.75, 3.05) is 26.4 Å². The maximum absolute atomic E-state index is 4.08. The van der Waals surface area contributed by atoms with Gasteiger partial charge in [-0.25, -0.2) is 0 Å². The summed E-state index contributed by atoms with van der Waals surface area (Å²) >= 11 is 1.90. The lowest BCUT2D eigenvalue weighted by molar-refractivity contribution is 0.437. The number of nitrogens with zero attached hydrogens (tertiary/aromatic N) is 1. The fourth-order valence-electron chi connectivity index (χ4n) is 1.28. The van der Waals surface area contributed by atoms with Crippen LogP contribution in [0.2, 0.25) is 0 Å². The largest absolute Gasteiger partial charge is 0.309 e. The van der Waals surface area contributed by atoms with E-state index in [9.17, 15) is 0 Å². The molecule has 0 aliphatic heterocycles. The monoisotopic (exact) mass is 209 g/mol. The number of allylic oxidation sites excluding steroid dienone is 3. The molecule has 1 aliphatic carbocycles. The standard InChI is InChI=1S/C12H19NS/c1-10-5-6-11(2)12(9-10)14-8-7-13(3)4/h9H,1-2,5-8H2,3-4H3. The van der Waals surface area contributed by atoms with Crippen LogP contribution in [0.4, 0.5) is 0 Å². The van der Waals surface area contributed by atoms with Gasteiger partial charge in [-0.2, -0.15) is 0 Å². The van der Waals surface area contributed by atoms with Gasteiger partial charge in [0.05, 0.1) is 0 Å². The van der Waals surface area contributed by atoms with Crippen molar-refractivity contribution in [2.45, 2.75) is 12.8 Å². The van der Waals surface area contributed by atoms with Gasteiger partial charge in [0.2, 0.25) is 0 Å². The van der Waals surface area contributed by atoms with Crippen molar-refractivity contribution in [1.82, 2.24) is 4.90 Å². The average molecular weight is 209 g/mol. The molecule has 1 rings (SSSR count). The molecule has 0 bridgehead atoms. The van der Waals surface area contributed by atoms with Crippen LogP contribution in [0.15, 0.2) is 35.3 Å². The van der Waals surface area contributed by atoms with Crippen molar-refractivity contribution in [3.63, 3.8) is 0 Å². The van der Waals surface area contributed by atoms with E-state index in [-0.39, 0.29) is 0 Å². The molecule has 0 unspecified atom stereocenters. The molecule has 0 atom stereocenters. The Morgan fingerprint density at radius 3 is 2.71 bits per heavy atom. The first-order valence-electron chi connectivity index (χ1n) is 4.95. The summed E-state index contributed by atoms with van der Waals surface area (Å²) in [6.07, 6.45) is 4.35. The second-order valence-corrected chi connectivity index (χ2v) is 5.06. The minimum Gasteiger partial charge on any atom is -0.309 e. The van der Waals surface area contributed by atoms with Crippen LogP contribution in [0.1, 0.15) is 12.8 Å². The fourth-order valence-corrected chi connectivity index (χ4v) is 2.51. The second-order valence-electron chi connectivity index (χ2n) is 3.92. The van der Waals surface area contributed by atoms with E-state index in [1.165, 1.54) is 16.1 Å². The Balaban J connectivity index is 2.42. The van der Waals surface area contributed by atoms with Crippen LogP contribution in [0.3, 0.4) is 0 Å². The summed E-state index contributed by atoms with van der Waals surface area (Å²) in [5.74, 6) is 1.13. The first-order valence-corrected chi connectivity index (χ1v) is 5.93. The van der Waals surface area contributed by atoms with Crippen LogP contribution >= 0.6 is 11.8 Å². The van der Waals surface area contributed by atoms with E-state index < -0.39 is 0 Å². The SMILES string of the molecule is C=C1C=C(SCCN(C)C)C(=C)CC1. The molecule has 0 aromatic carbocycles. The molecule has 0 N–H and O–H groups in total. The van der Waals surface area contributed by atoms with Crippen LogP contribution < -0.4 is 0 Å². The molecule has 0 saturated heterocycles. The molecule has 0 aromatic heterocycles. The molecule has 0 saturated carbocycles. The molecular formula is C12H19NS. The molecule has 0 amide bonds. The highest BCUT2D eigenvalue weighted by molar-refractivity contribution is 8.03. The van der Waals surface area contributed by atoms with E-state index >= 15 is 0 Å². The third-order valence-corrected chi connectivity index (χ3v) is 3.33. The van der Waals surface area contributed by atoms with Crippen molar-refractivity contribution in [1.29, 1.82) is 0 Å². The molecule has 0 aromatic rings. The molecule has 78 valence electrons. The number of rotatable bonds is 4. The first kappa shape index (κ1) is 11.6. The zero-order valence-electron chi connectivity index (χ0n) is 9.18. The topological polar surface area (TPSA) is 3.24 Å². The molecule has 1 aliphatic rings. The lowest BCUT2D eigenvalue weighted by atomic mass is 10.00. The van der Waals surface area contributed by atoms with Crippen molar-refractivity contribution in [2.24, 2.45) is 0 Å². The van der Waals surface area contributed by atoms with Gasteiger partial charge in [-0.1, -0.05) is 18.7 Å². The lowest BCUT2D eigenvalue weighted by Gasteiger charge is -2.17. The predicted octanol–water partition coefficient (Wildman–Crippen LogP) is 3.07. The molecule has 14 heavy (non-hydrogen) atoms. The zero-order valence-corrected chi connectivity index (χ0v) is 9.99. The molecule has 2 heteroatoms. The normalized spacial score (nSPS) is 17.5. The lowest BCUT2D eigenvalue weighted by Crippen LogP contribution is -2.15. The van der Waals surface area contributed by atoms with Gasteiger partial charge in [0, 0.05) is 17.2 Å². The number of hydrogen-bond donors (Lipinski definition) is 0. The summed E-state index contributed by atoms with van der Waals surface area (Å²) in [4.78, 5) is 3.54. The first-order chi connectivity index (χ1) is 6.59. The molecule has 0 spiro atoms. The minimum atomic E-state index is 1.08. The highest BCUT2D eigenvalue weighted by Gasteiger charge is 2.10. The molecule has 0 fully saturated rings. The van der Waals surface area contributed by atoms with Gasteiger partial charge in [-0.15, -0.1) is 11.8 Å². The Morgan fingerprint density at radius 2 is 2.07 bits per heavy atom. The summed E-state index contributed by atoms with van der Waals surface area (Å²) in [5.41, 5.74) is 2.52. The van der Waals surface area contributed by atoms with Gasteiger partial charge in [-0.05, 0) is 38.6 Å². The highest BCUT2D eigenvalue weighted by Crippen LogP contribution is 2.32. The van der Waals surface area contributed by atoms with E-state index in [1.807, 2.05) is 11.8 Å². The van der Waals surface area contributed by atoms with Crippen LogP contribution in [-0.2, 0) is 0 Å². The number of hydrogen-bond acceptors (Lipinski definition) is 2. The van der Waals surface area contributed by atoms with Crippen molar-refractivity contribution < 1.29 is 0 Å². The van der Waals surface area contributed by atoms with Gasteiger partial charge in [-0.3, -0.25) is 0 Å². The van der Waals surface area contributed by atoms with Gasteiger partial charge < -0.3 is 4.90 Å². The third kappa shape index (κ3) is 3.72. The average Bonchev–Trinajstić information content (AvgIpc) is 2.10. The summed E-state index contributed by atoms with van der Waals surface area (Å²) in [5, 5.41) is 0. The van der Waals surface area contributed by atoms with Crippen LogP contribution in [-0.4, -0.2) is 31.3 Å². The zero-order chi connectivity index (χ0) is 10.6. The maximum Gasteiger partial charge on any atom is 0.0108 e. The predicted molar refractivity (Wildman–Crippen MR) is 66.6 cm³/mol. The van der Waals surface area contributed by atoms with Gasteiger partial charge in [0.1, 0.15) is 0 Å². The van der Waals surface area contributed by atoms with E-state index in [0.29, 0.717) is 0 Å². The van der Waals surface area contributed by atoms with Gasteiger partial charge >= 0.3 is 0 Å². The fraction of sp³-hybridized carbons (Fsp3) is 0.500. The summed E-state index contributed by atoms with van der Waals surface area (Å²) in [7, 11) is 4.20. The molecular weight excluding hydrogens is 190 g/mol. The Hall–Kier alpha value is -0.470. The van der Waals surface area contributed by atoms with E-state index in [4.69, 9.17) is 0 Å². The Kier molecular flexibility index (Phi) is 4.49. The van der Waals surface area contributed by atoms with Gasteiger partial charge in [0.15, 0.2) is 0 Å². The minimum absolute atomic E-state index is 1.08. The van der Waals surface area contributed by atoms with Crippen LogP contribution in [0.5, 0.6) is 0 Å². The van der Waals surface area contributed by atoms with Crippen LogP contribution in [0.25, 0.3) is 0 Å². The quantitative estimate of drug-likeness (QED) is 0.700. The number of thioether (sulfide) groups is 1. The second kappa shape index (κ2) is 5.42. The Labute approximate surface area is 91.6 Å². The molecule has 0 heterocycles. The Morgan fingerprint density at radius 1 is 1.36 bits per heavy atom. The smallest absolute Gasteiger partial charge is 0.0108 e. The molecule has 1 nitrogen and oxygen atoms in total. The van der Waals surface area contributed by atoms with Crippen molar-refractivity contribution >= 4 is 11.8 Å². The van der Waals surface area contributed by atoms with E-state index in [0.717, 1.165) is 25.1 Å². The van der Waals surface area contributed by atoms with E-state index in [1.54, 1.807) is 0 Å². The summed E-state index contributed by atoms with van der Waals surface area (Å²) in [6.45, 7) is 9.20. The summed E-state index contributed by atoms with van der Waals surface area (Å²) in [6, 6.07) is 0. The van der Waals surface area contributed by atoms with E-state index in [2.05, 4.69) is 38.2 Å².